The maximum atomic E-state index is 6.21. The van der Waals surface area contributed by atoms with Gasteiger partial charge in [0.25, 0.3) is 0 Å². The summed E-state index contributed by atoms with van der Waals surface area (Å²) in [4.78, 5) is 8.10. The molecule has 0 bridgehead atoms. The zero-order valence-corrected chi connectivity index (χ0v) is 15.8. The molecule has 0 aliphatic carbocycles. The maximum absolute atomic E-state index is 6.21. The van der Waals surface area contributed by atoms with Gasteiger partial charge in [-0.05, 0) is 56.5 Å². The van der Waals surface area contributed by atoms with Gasteiger partial charge >= 0.3 is 0 Å². The fourth-order valence-electron chi connectivity index (χ4n) is 3.24. The van der Waals surface area contributed by atoms with Gasteiger partial charge in [0.2, 0.25) is 5.95 Å². The number of allylic oxidation sites excluding steroid dienone is 1. The molecular formula is C20H26N4O2. The summed E-state index contributed by atoms with van der Waals surface area (Å²) in [5.41, 5.74) is 15.4. The fraction of sp³-hybridized carbons (Fsp3) is 0.400. The number of nitrogens with zero attached hydrogens (tertiary/aromatic N) is 2. The Morgan fingerprint density at radius 2 is 1.96 bits per heavy atom. The van der Waals surface area contributed by atoms with Gasteiger partial charge in [0.05, 0.1) is 6.61 Å². The highest BCUT2D eigenvalue weighted by molar-refractivity contribution is 5.76. The second-order valence-electron chi connectivity index (χ2n) is 6.95. The Hall–Kier alpha value is -2.76. The van der Waals surface area contributed by atoms with Gasteiger partial charge in [-0.2, -0.15) is 4.98 Å². The number of hydrogen-bond donors (Lipinski definition) is 2. The van der Waals surface area contributed by atoms with E-state index in [0.29, 0.717) is 18.8 Å². The normalized spacial score (nSPS) is 15.0. The lowest BCUT2D eigenvalue weighted by molar-refractivity contribution is 0.148. The van der Waals surface area contributed by atoms with E-state index in [0.717, 1.165) is 34.6 Å². The molecule has 1 aliphatic rings. The van der Waals surface area contributed by atoms with Crippen LogP contribution in [-0.4, -0.2) is 22.2 Å². The van der Waals surface area contributed by atoms with Crippen molar-refractivity contribution in [3.8, 4) is 11.5 Å². The van der Waals surface area contributed by atoms with Gasteiger partial charge in [0.15, 0.2) is 11.5 Å². The largest absolute Gasteiger partial charge is 0.490 e. The van der Waals surface area contributed by atoms with Crippen molar-refractivity contribution in [1.82, 2.24) is 9.97 Å². The van der Waals surface area contributed by atoms with E-state index in [1.165, 1.54) is 5.57 Å². The van der Waals surface area contributed by atoms with Crippen LogP contribution in [0.3, 0.4) is 0 Å². The van der Waals surface area contributed by atoms with Crippen LogP contribution in [0.5, 0.6) is 11.5 Å². The first-order valence-corrected chi connectivity index (χ1v) is 8.90. The molecule has 0 amide bonds. The Bertz CT molecular complexity index is 859. The third kappa shape index (κ3) is 3.59. The smallest absolute Gasteiger partial charge is 0.221 e. The quantitative estimate of drug-likeness (QED) is 0.852. The van der Waals surface area contributed by atoms with Crippen LogP contribution >= 0.6 is 0 Å². The molecule has 0 fully saturated rings. The standard InChI is InChI=1S/C20H26N4O2/c1-5-13-10-20(3,4)26-17-15(13)8-12(9-16(17)25-6-2)7-14-11-23-19(22)24-18(14)21/h8-11H,5-7H2,1-4H3,(H4,21,22,23,24). The second-order valence-corrected chi connectivity index (χ2v) is 6.95. The van der Waals surface area contributed by atoms with E-state index in [1.807, 2.05) is 13.0 Å². The van der Waals surface area contributed by atoms with Crippen LogP contribution in [0.4, 0.5) is 11.8 Å². The summed E-state index contributed by atoms with van der Waals surface area (Å²) in [6, 6.07) is 4.14. The summed E-state index contributed by atoms with van der Waals surface area (Å²) in [5.74, 6) is 2.14. The van der Waals surface area contributed by atoms with Crippen LogP contribution in [0.1, 0.15) is 50.8 Å². The topological polar surface area (TPSA) is 96.3 Å². The maximum Gasteiger partial charge on any atom is 0.221 e. The van der Waals surface area contributed by atoms with Gasteiger partial charge in [-0.15, -0.1) is 0 Å². The van der Waals surface area contributed by atoms with Crippen molar-refractivity contribution in [2.45, 2.75) is 46.1 Å². The molecule has 4 N–H and O–H groups in total. The molecule has 1 aromatic heterocycles. The van der Waals surface area contributed by atoms with E-state index in [2.05, 4.69) is 42.9 Å². The number of hydrogen-bond acceptors (Lipinski definition) is 6. The summed E-state index contributed by atoms with van der Waals surface area (Å²) in [7, 11) is 0. The van der Waals surface area contributed by atoms with E-state index in [4.69, 9.17) is 20.9 Å². The van der Waals surface area contributed by atoms with Gasteiger partial charge in [-0.3, -0.25) is 0 Å². The molecule has 1 aliphatic heterocycles. The minimum atomic E-state index is -0.360. The molecule has 3 rings (SSSR count). The van der Waals surface area contributed by atoms with Crippen LogP contribution < -0.4 is 20.9 Å². The van der Waals surface area contributed by atoms with E-state index in [9.17, 15) is 0 Å². The number of nitrogen functional groups attached to an aromatic ring is 2. The van der Waals surface area contributed by atoms with Crippen molar-refractivity contribution in [3.05, 3.63) is 41.1 Å². The lowest BCUT2D eigenvalue weighted by Gasteiger charge is -2.32. The first kappa shape index (κ1) is 18.0. The van der Waals surface area contributed by atoms with E-state index in [1.54, 1.807) is 6.20 Å². The predicted octanol–water partition coefficient (Wildman–Crippen LogP) is 3.59. The SMILES string of the molecule is CCOc1cc(Cc2cnc(N)nc2N)cc2c1OC(C)(C)C=C2CC. The Morgan fingerprint density at radius 3 is 2.62 bits per heavy atom. The minimum absolute atomic E-state index is 0.179. The van der Waals surface area contributed by atoms with Crippen molar-refractivity contribution in [3.63, 3.8) is 0 Å². The van der Waals surface area contributed by atoms with Gasteiger partial charge in [-0.1, -0.05) is 6.92 Å². The van der Waals surface area contributed by atoms with Gasteiger partial charge < -0.3 is 20.9 Å². The van der Waals surface area contributed by atoms with Gasteiger partial charge in [-0.25, -0.2) is 4.98 Å². The zero-order chi connectivity index (χ0) is 18.9. The van der Waals surface area contributed by atoms with Crippen molar-refractivity contribution in [2.24, 2.45) is 0 Å². The molecule has 6 heteroatoms. The summed E-state index contributed by atoms with van der Waals surface area (Å²) >= 11 is 0. The summed E-state index contributed by atoms with van der Waals surface area (Å²) in [6.45, 7) is 8.80. The van der Waals surface area contributed by atoms with Crippen LogP contribution in [0.2, 0.25) is 0 Å². The Labute approximate surface area is 154 Å². The van der Waals surface area contributed by atoms with Crippen LogP contribution in [0, 0.1) is 0 Å². The fourth-order valence-corrected chi connectivity index (χ4v) is 3.24. The number of anilines is 2. The average molecular weight is 354 g/mol. The molecule has 6 nitrogen and oxygen atoms in total. The first-order valence-electron chi connectivity index (χ1n) is 8.90. The van der Waals surface area contributed by atoms with Crippen molar-refractivity contribution in [2.75, 3.05) is 18.1 Å². The molecule has 0 unspecified atom stereocenters. The first-order chi connectivity index (χ1) is 12.3. The molecule has 2 heterocycles. The Balaban J connectivity index is 2.07. The van der Waals surface area contributed by atoms with Crippen molar-refractivity contribution >= 4 is 17.3 Å². The number of benzene rings is 1. The zero-order valence-electron chi connectivity index (χ0n) is 15.8. The molecule has 0 spiro atoms. The second kappa shape index (κ2) is 6.86. The molecule has 0 atom stereocenters. The molecule has 0 radical (unpaired) electrons. The van der Waals surface area contributed by atoms with Crippen LogP contribution in [0.25, 0.3) is 5.57 Å². The average Bonchev–Trinajstić information content (AvgIpc) is 2.57. The highest BCUT2D eigenvalue weighted by atomic mass is 16.5. The highest BCUT2D eigenvalue weighted by Crippen LogP contribution is 2.44. The minimum Gasteiger partial charge on any atom is -0.490 e. The van der Waals surface area contributed by atoms with Gasteiger partial charge in [0.1, 0.15) is 11.4 Å². The van der Waals surface area contributed by atoms with Crippen molar-refractivity contribution < 1.29 is 9.47 Å². The third-order valence-electron chi connectivity index (χ3n) is 4.34. The number of nitrogens with two attached hydrogens (primary N) is 2. The number of fused-ring (bicyclic) bond motifs is 1. The molecule has 0 saturated carbocycles. The van der Waals surface area contributed by atoms with Crippen molar-refractivity contribution in [1.29, 1.82) is 0 Å². The molecule has 0 saturated heterocycles. The third-order valence-corrected chi connectivity index (χ3v) is 4.34. The van der Waals surface area contributed by atoms with E-state index in [-0.39, 0.29) is 11.5 Å². The number of rotatable bonds is 5. The Kier molecular flexibility index (Phi) is 4.76. The van der Waals surface area contributed by atoms with E-state index < -0.39 is 0 Å². The monoisotopic (exact) mass is 354 g/mol. The predicted molar refractivity (Wildman–Crippen MR) is 104 cm³/mol. The number of aromatic nitrogens is 2. The van der Waals surface area contributed by atoms with Crippen LogP contribution in [0.15, 0.2) is 24.4 Å². The summed E-state index contributed by atoms with van der Waals surface area (Å²) in [6.07, 6.45) is 5.37. The lowest BCUT2D eigenvalue weighted by Crippen LogP contribution is -2.29. The molecule has 26 heavy (non-hydrogen) atoms. The van der Waals surface area contributed by atoms with Crippen LogP contribution in [-0.2, 0) is 6.42 Å². The molecule has 138 valence electrons. The molecule has 2 aromatic rings. The highest BCUT2D eigenvalue weighted by Gasteiger charge is 2.29. The number of ether oxygens (including phenoxy) is 2. The molecular weight excluding hydrogens is 328 g/mol. The Morgan fingerprint density at radius 1 is 1.19 bits per heavy atom. The summed E-state index contributed by atoms with van der Waals surface area (Å²) < 4.78 is 12.1. The van der Waals surface area contributed by atoms with Gasteiger partial charge in [0, 0.05) is 23.7 Å². The summed E-state index contributed by atoms with van der Waals surface area (Å²) in [5, 5.41) is 0. The molecule has 1 aromatic carbocycles. The lowest BCUT2D eigenvalue weighted by atomic mass is 9.90. The van der Waals surface area contributed by atoms with E-state index >= 15 is 0 Å².